The number of halogens is 1. The van der Waals surface area contributed by atoms with Crippen LogP contribution in [0.4, 0.5) is 10.7 Å². The zero-order chi connectivity index (χ0) is 21.0. The normalized spacial score (nSPS) is 15.7. The minimum atomic E-state index is 0.00130. The van der Waals surface area contributed by atoms with E-state index < -0.39 is 0 Å². The molecule has 1 aromatic heterocycles. The Morgan fingerprint density at radius 3 is 2.59 bits per heavy atom. The van der Waals surface area contributed by atoms with Gasteiger partial charge in [0.2, 0.25) is 5.91 Å². The van der Waals surface area contributed by atoms with Gasteiger partial charge in [-0.15, -0.1) is 11.3 Å². The zero-order valence-electron chi connectivity index (χ0n) is 17.3. The Hall–Kier alpha value is -1.84. The molecule has 1 aromatic carbocycles. The molecule has 0 spiro atoms. The van der Waals surface area contributed by atoms with E-state index in [-0.39, 0.29) is 11.8 Å². The molecule has 3 rings (SSSR count). The number of fused-ring (bicyclic) bond motifs is 1. The maximum Gasteiger partial charge on any atom is 0.228 e. The fourth-order valence-electron chi connectivity index (χ4n) is 4.20. The number of nitrogens with one attached hydrogen (secondary N) is 1. The van der Waals surface area contributed by atoms with Gasteiger partial charge in [0.25, 0.3) is 0 Å². The van der Waals surface area contributed by atoms with Crippen molar-refractivity contribution in [2.45, 2.75) is 58.9 Å². The van der Waals surface area contributed by atoms with E-state index in [1.54, 1.807) is 11.3 Å². The van der Waals surface area contributed by atoms with Gasteiger partial charge in [0, 0.05) is 40.0 Å². The summed E-state index contributed by atoms with van der Waals surface area (Å²) in [5.41, 5.74) is 3.04. The van der Waals surface area contributed by atoms with Crippen molar-refractivity contribution in [1.82, 2.24) is 0 Å². The first-order valence-electron chi connectivity index (χ1n) is 10.4. The second-order valence-electron chi connectivity index (χ2n) is 7.48. The van der Waals surface area contributed by atoms with Crippen molar-refractivity contribution >= 4 is 43.9 Å². The maximum atomic E-state index is 12.6. The molecular weight excluding hydrogens is 446 g/mol. The molecule has 4 nitrogen and oxygen atoms in total. The van der Waals surface area contributed by atoms with Crippen LogP contribution in [0, 0.1) is 17.2 Å². The third kappa shape index (κ3) is 4.67. The highest BCUT2D eigenvalue weighted by Gasteiger charge is 2.30. The lowest BCUT2D eigenvalue weighted by molar-refractivity contribution is -0.120. The highest BCUT2D eigenvalue weighted by Crippen LogP contribution is 2.39. The Labute approximate surface area is 186 Å². The molecule has 0 bridgehead atoms. The number of carbonyl (C=O) groups is 1. The van der Waals surface area contributed by atoms with Crippen molar-refractivity contribution < 1.29 is 4.79 Å². The van der Waals surface area contributed by atoms with Crippen LogP contribution in [0.2, 0.25) is 0 Å². The average Bonchev–Trinajstić information content (AvgIpc) is 3.07. The minimum absolute atomic E-state index is 0.00130. The van der Waals surface area contributed by atoms with Gasteiger partial charge in [-0.05, 0) is 62.4 Å². The van der Waals surface area contributed by atoms with Crippen molar-refractivity contribution in [2.24, 2.45) is 5.92 Å². The molecule has 1 atom stereocenters. The summed E-state index contributed by atoms with van der Waals surface area (Å²) in [6, 6.07) is 11.2. The van der Waals surface area contributed by atoms with Crippen molar-refractivity contribution in [3.8, 4) is 6.07 Å². The smallest absolute Gasteiger partial charge is 0.228 e. The number of carbonyl (C=O) groups excluding carboxylic acids is 1. The van der Waals surface area contributed by atoms with Gasteiger partial charge in [0.05, 0.1) is 5.56 Å². The molecular formula is C23H28BrN3OS. The fourth-order valence-corrected chi connectivity index (χ4v) is 5.73. The molecule has 1 aliphatic carbocycles. The number of nitriles is 1. The lowest BCUT2D eigenvalue weighted by atomic mass is 9.90. The van der Waals surface area contributed by atoms with Crippen molar-refractivity contribution in [2.75, 3.05) is 16.8 Å². The highest BCUT2D eigenvalue weighted by molar-refractivity contribution is 9.10. The SMILES string of the molecule is CCC(CC)C(=O)Nc1sc2c(c1C#N)CCC(N(CC)c1ccc(Br)cc1)C2. The van der Waals surface area contributed by atoms with E-state index >= 15 is 0 Å². The Kier molecular flexibility index (Phi) is 7.37. The van der Waals surface area contributed by atoms with E-state index in [2.05, 4.69) is 63.4 Å². The maximum absolute atomic E-state index is 12.6. The highest BCUT2D eigenvalue weighted by atomic mass is 79.9. The molecule has 2 aromatic rings. The van der Waals surface area contributed by atoms with Gasteiger partial charge in [0.15, 0.2) is 0 Å². The van der Waals surface area contributed by atoms with E-state index in [0.717, 1.165) is 53.7 Å². The Balaban J connectivity index is 1.83. The van der Waals surface area contributed by atoms with Crippen molar-refractivity contribution in [3.05, 3.63) is 44.7 Å². The van der Waals surface area contributed by atoms with Gasteiger partial charge >= 0.3 is 0 Å². The summed E-state index contributed by atoms with van der Waals surface area (Å²) < 4.78 is 1.08. The summed E-state index contributed by atoms with van der Waals surface area (Å²) >= 11 is 5.10. The molecule has 0 saturated carbocycles. The van der Waals surface area contributed by atoms with Crippen LogP contribution in [-0.4, -0.2) is 18.5 Å². The zero-order valence-corrected chi connectivity index (χ0v) is 19.7. The number of hydrogen-bond acceptors (Lipinski definition) is 4. The van der Waals surface area contributed by atoms with E-state index in [1.807, 2.05) is 13.8 Å². The van der Waals surface area contributed by atoms with E-state index in [1.165, 1.54) is 10.6 Å². The largest absolute Gasteiger partial charge is 0.368 e. The second-order valence-corrected chi connectivity index (χ2v) is 9.50. The Morgan fingerprint density at radius 2 is 2.00 bits per heavy atom. The molecule has 6 heteroatoms. The van der Waals surface area contributed by atoms with Crippen LogP contribution in [0.1, 0.15) is 56.0 Å². The second kappa shape index (κ2) is 9.77. The number of amides is 1. The van der Waals surface area contributed by atoms with Gasteiger partial charge in [-0.3, -0.25) is 4.79 Å². The molecule has 1 unspecified atom stereocenters. The third-order valence-corrected chi connectivity index (χ3v) is 7.58. The summed E-state index contributed by atoms with van der Waals surface area (Å²) in [6.45, 7) is 7.19. The topological polar surface area (TPSA) is 56.1 Å². The fraction of sp³-hybridized carbons (Fsp3) is 0.478. The van der Waals surface area contributed by atoms with Crippen molar-refractivity contribution in [3.63, 3.8) is 0 Å². The Morgan fingerprint density at radius 1 is 1.31 bits per heavy atom. The van der Waals surface area contributed by atoms with Gasteiger partial charge in [-0.2, -0.15) is 5.26 Å². The molecule has 1 N–H and O–H groups in total. The molecule has 1 heterocycles. The molecule has 0 saturated heterocycles. The van der Waals surface area contributed by atoms with E-state index in [9.17, 15) is 10.1 Å². The monoisotopic (exact) mass is 473 g/mol. The van der Waals surface area contributed by atoms with E-state index in [0.29, 0.717) is 11.6 Å². The first-order valence-corrected chi connectivity index (χ1v) is 12.0. The standard InChI is InChI=1S/C23H28BrN3OS/c1-4-15(5-2)22(28)26-23-20(14-25)19-12-11-18(13-21(19)29-23)27(6-3)17-9-7-16(24)8-10-17/h7-10,15,18H,4-6,11-13H2,1-3H3,(H,26,28). The van der Waals surface area contributed by atoms with Gasteiger partial charge in [-0.1, -0.05) is 29.8 Å². The van der Waals surface area contributed by atoms with Crippen LogP contribution in [0.15, 0.2) is 28.7 Å². The average molecular weight is 474 g/mol. The molecule has 154 valence electrons. The van der Waals surface area contributed by atoms with Crippen LogP contribution in [0.5, 0.6) is 0 Å². The quantitative estimate of drug-likeness (QED) is 0.525. The van der Waals surface area contributed by atoms with Gasteiger partial charge in [0.1, 0.15) is 11.1 Å². The van der Waals surface area contributed by atoms with Crippen LogP contribution in [0.3, 0.4) is 0 Å². The summed E-state index contributed by atoms with van der Waals surface area (Å²) in [6.07, 6.45) is 4.45. The first kappa shape index (κ1) is 21.9. The van der Waals surface area contributed by atoms with Crippen molar-refractivity contribution in [1.29, 1.82) is 5.26 Å². The van der Waals surface area contributed by atoms with Crippen LogP contribution in [0.25, 0.3) is 0 Å². The lowest BCUT2D eigenvalue weighted by Crippen LogP contribution is -2.39. The number of anilines is 2. The number of benzene rings is 1. The molecule has 1 aliphatic rings. The summed E-state index contributed by atoms with van der Waals surface area (Å²) in [4.78, 5) is 16.3. The molecule has 0 aliphatic heterocycles. The third-order valence-electron chi connectivity index (χ3n) is 5.88. The lowest BCUT2D eigenvalue weighted by Gasteiger charge is -2.35. The molecule has 0 fully saturated rings. The van der Waals surface area contributed by atoms with Crippen LogP contribution < -0.4 is 10.2 Å². The minimum Gasteiger partial charge on any atom is -0.368 e. The van der Waals surface area contributed by atoms with Gasteiger partial charge in [-0.25, -0.2) is 0 Å². The number of thiophene rings is 1. The predicted molar refractivity (Wildman–Crippen MR) is 125 cm³/mol. The summed E-state index contributed by atoms with van der Waals surface area (Å²) in [5, 5.41) is 13.5. The predicted octanol–water partition coefficient (Wildman–Crippen LogP) is 6.14. The van der Waals surface area contributed by atoms with Gasteiger partial charge < -0.3 is 10.2 Å². The number of nitrogens with zero attached hydrogens (tertiary/aromatic N) is 2. The first-order chi connectivity index (χ1) is 14.0. The van der Waals surface area contributed by atoms with Crippen LogP contribution >= 0.6 is 27.3 Å². The Bertz CT molecular complexity index is 896. The number of rotatable bonds is 7. The van der Waals surface area contributed by atoms with Crippen LogP contribution in [-0.2, 0) is 17.6 Å². The summed E-state index contributed by atoms with van der Waals surface area (Å²) in [5.74, 6) is 0.0353. The molecule has 1 amide bonds. The molecule has 0 radical (unpaired) electrons. The number of hydrogen-bond donors (Lipinski definition) is 1. The number of likely N-dealkylation sites (N-methyl/N-ethyl adjacent to an activating group) is 1. The molecule has 29 heavy (non-hydrogen) atoms. The van der Waals surface area contributed by atoms with E-state index in [4.69, 9.17) is 0 Å². The summed E-state index contributed by atoms with van der Waals surface area (Å²) in [7, 11) is 0.